The van der Waals surface area contributed by atoms with Gasteiger partial charge in [-0.1, -0.05) is 42.0 Å². The zero-order chi connectivity index (χ0) is 22.7. The largest absolute Gasteiger partial charge is 0.376 e. The maximum atomic E-state index is 13.9. The van der Waals surface area contributed by atoms with Crippen molar-refractivity contribution in [3.8, 4) is 0 Å². The van der Waals surface area contributed by atoms with E-state index in [1.165, 1.54) is 4.90 Å². The van der Waals surface area contributed by atoms with E-state index < -0.39 is 17.9 Å². The number of hydrogen-bond acceptors (Lipinski definition) is 5. The van der Waals surface area contributed by atoms with Gasteiger partial charge in [-0.2, -0.15) is 0 Å². The minimum atomic E-state index is -0.766. The molecule has 0 bridgehead atoms. The number of hydrogen-bond donors (Lipinski definition) is 0. The molecule has 0 saturated carbocycles. The lowest BCUT2D eigenvalue weighted by atomic mass is 9.86. The second-order valence-electron chi connectivity index (χ2n) is 9.11. The number of nitrogens with zero attached hydrogens (tertiary/aromatic N) is 2. The molecule has 4 aliphatic heterocycles. The maximum Gasteiger partial charge on any atom is 0.235 e. The first-order chi connectivity index (χ1) is 16.0. The highest BCUT2D eigenvalue weighted by Gasteiger charge is 2.64. The molecular formula is C26H23ClN2O4. The van der Waals surface area contributed by atoms with Crippen LogP contribution in [0.4, 0.5) is 5.69 Å². The summed E-state index contributed by atoms with van der Waals surface area (Å²) in [7, 11) is 0. The number of fused-ring (bicyclic) bond motifs is 5. The van der Waals surface area contributed by atoms with E-state index in [1.807, 2.05) is 41.3 Å². The van der Waals surface area contributed by atoms with Crippen LogP contribution >= 0.6 is 11.6 Å². The van der Waals surface area contributed by atoms with Gasteiger partial charge >= 0.3 is 0 Å². The molecule has 0 radical (unpaired) electrons. The van der Waals surface area contributed by atoms with Crippen LogP contribution in [-0.2, 0) is 14.3 Å². The normalized spacial score (nSPS) is 29.9. The molecule has 0 aromatic heterocycles. The van der Waals surface area contributed by atoms with Crippen LogP contribution in [0.15, 0.2) is 54.6 Å². The lowest BCUT2D eigenvalue weighted by Crippen LogP contribution is -2.49. The van der Waals surface area contributed by atoms with Crippen molar-refractivity contribution in [1.82, 2.24) is 4.90 Å². The fourth-order valence-corrected chi connectivity index (χ4v) is 5.96. The van der Waals surface area contributed by atoms with Gasteiger partial charge in [0.15, 0.2) is 5.78 Å². The van der Waals surface area contributed by atoms with Crippen molar-refractivity contribution < 1.29 is 19.1 Å². The van der Waals surface area contributed by atoms with Crippen LogP contribution in [0.25, 0.3) is 6.08 Å². The molecule has 6 nitrogen and oxygen atoms in total. The molecule has 5 atom stereocenters. The zero-order valence-corrected chi connectivity index (χ0v) is 18.6. The van der Waals surface area contributed by atoms with Crippen molar-refractivity contribution in [3.05, 3.63) is 70.8 Å². The third-order valence-corrected chi connectivity index (χ3v) is 7.57. The molecule has 2 aromatic rings. The van der Waals surface area contributed by atoms with Gasteiger partial charge in [-0.05, 0) is 48.7 Å². The molecule has 5 unspecified atom stereocenters. The van der Waals surface area contributed by atoms with Crippen molar-refractivity contribution in [3.63, 3.8) is 0 Å². The summed E-state index contributed by atoms with van der Waals surface area (Å²) in [5.41, 5.74) is 2.32. The second kappa shape index (κ2) is 7.82. The third-order valence-electron chi connectivity index (χ3n) is 7.31. The molecule has 4 heterocycles. The Bertz CT molecular complexity index is 1170. The van der Waals surface area contributed by atoms with Gasteiger partial charge < -0.3 is 9.64 Å². The summed E-state index contributed by atoms with van der Waals surface area (Å²) in [6, 6.07) is 13.4. The van der Waals surface area contributed by atoms with E-state index in [0.29, 0.717) is 17.2 Å². The summed E-state index contributed by atoms with van der Waals surface area (Å²) < 4.78 is 5.69. The fraction of sp³-hybridized carbons (Fsp3) is 0.346. The Balaban J connectivity index is 1.43. The number of carbonyl (C=O) groups is 3. The molecule has 2 amide bonds. The molecule has 168 valence electrons. The molecule has 7 heteroatoms. The molecule has 0 spiro atoms. The van der Waals surface area contributed by atoms with Gasteiger partial charge in [0.1, 0.15) is 6.04 Å². The maximum absolute atomic E-state index is 13.9. The van der Waals surface area contributed by atoms with Crippen LogP contribution < -0.4 is 4.90 Å². The Labute approximate surface area is 196 Å². The van der Waals surface area contributed by atoms with E-state index in [4.69, 9.17) is 16.3 Å². The highest BCUT2D eigenvalue weighted by atomic mass is 35.5. The highest BCUT2D eigenvalue weighted by molar-refractivity contribution is 6.30. The summed E-state index contributed by atoms with van der Waals surface area (Å²) in [4.78, 5) is 44.4. The van der Waals surface area contributed by atoms with E-state index in [9.17, 15) is 14.4 Å². The number of ketones is 1. The van der Waals surface area contributed by atoms with E-state index in [1.54, 1.807) is 24.3 Å². The Kier molecular flexibility index (Phi) is 4.89. The predicted octanol–water partition coefficient (Wildman–Crippen LogP) is 3.59. The van der Waals surface area contributed by atoms with Crippen molar-refractivity contribution in [2.75, 3.05) is 18.1 Å². The number of carbonyl (C=O) groups excluding carboxylic acids is 3. The molecule has 0 aliphatic carbocycles. The van der Waals surface area contributed by atoms with Gasteiger partial charge in [-0.3, -0.25) is 19.3 Å². The average molecular weight is 463 g/mol. The number of likely N-dealkylation sites (tertiary alicyclic amines) is 1. The van der Waals surface area contributed by atoms with E-state index >= 15 is 0 Å². The molecule has 33 heavy (non-hydrogen) atoms. The summed E-state index contributed by atoms with van der Waals surface area (Å²) in [5, 5.41) is 0.537. The van der Waals surface area contributed by atoms with Gasteiger partial charge in [0.2, 0.25) is 11.8 Å². The Morgan fingerprint density at radius 2 is 1.79 bits per heavy atom. The van der Waals surface area contributed by atoms with Gasteiger partial charge in [0.25, 0.3) is 0 Å². The Hall–Kier alpha value is -2.96. The monoisotopic (exact) mass is 462 g/mol. The summed E-state index contributed by atoms with van der Waals surface area (Å²) in [5.74, 6) is -1.97. The second-order valence-corrected chi connectivity index (χ2v) is 9.54. The molecule has 4 aliphatic rings. The number of Topliss-reactive ketones (excluding diaryl/α,β-unsaturated/α-hetero) is 1. The van der Waals surface area contributed by atoms with Crippen molar-refractivity contribution in [2.45, 2.75) is 31.0 Å². The Morgan fingerprint density at radius 1 is 1.03 bits per heavy atom. The first-order valence-electron chi connectivity index (χ1n) is 11.4. The number of halogens is 1. The number of anilines is 1. The number of amides is 2. The lowest BCUT2D eigenvalue weighted by molar-refractivity contribution is -0.142. The SMILES string of the molecule is O=C(c1ccc(Cl)cc1)C1C2C(=O)N(CC3CCCO3)C(=O)C2C2C=Cc3ccccc3N21. The van der Waals surface area contributed by atoms with Crippen molar-refractivity contribution in [1.29, 1.82) is 0 Å². The third kappa shape index (κ3) is 3.15. The quantitative estimate of drug-likeness (QED) is 0.513. The molecule has 3 saturated heterocycles. The number of rotatable bonds is 4. The summed E-state index contributed by atoms with van der Waals surface area (Å²) >= 11 is 6.04. The van der Waals surface area contributed by atoms with Crippen LogP contribution in [0, 0.1) is 11.8 Å². The minimum Gasteiger partial charge on any atom is -0.376 e. The Morgan fingerprint density at radius 3 is 2.55 bits per heavy atom. The smallest absolute Gasteiger partial charge is 0.235 e. The van der Waals surface area contributed by atoms with Gasteiger partial charge in [-0.25, -0.2) is 0 Å². The zero-order valence-electron chi connectivity index (χ0n) is 17.9. The predicted molar refractivity (Wildman–Crippen MR) is 124 cm³/mol. The van der Waals surface area contributed by atoms with Gasteiger partial charge in [-0.15, -0.1) is 0 Å². The van der Waals surface area contributed by atoms with E-state index in [0.717, 1.165) is 24.1 Å². The van der Waals surface area contributed by atoms with Crippen LogP contribution in [-0.4, -0.2) is 53.8 Å². The number of para-hydroxylation sites is 1. The minimum absolute atomic E-state index is 0.124. The topological polar surface area (TPSA) is 66.9 Å². The van der Waals surface area contributed by atoms with Crippen LogP contribution in [0.2, 0.25) is 5.02 Å². The van der Waals surface area contributed by atoms with Crippen LogP contribution in [0.5, 0.6) is 0 Å². The summed E-state index contributed by atoms with van der Waals surface area (Å²) in [6.07, 6.45) is 5.60. The standard InChI is InChI=1S/C26H23ClN2O4/c27-17-10-7-16(8-11-17)24(30)23-22-21(20-12-9-15-4-1-2-6-19(15)29(20)23)25(31)28(26(22)32)14-18-5-3-13-33-18/h1-2,4,6-12,18,20-23H,3,5,13-14H2. The fourth-order valence-electron chi connectivity index (χ4n) is 5.83. The van der Waals surface area contributed by atoms with E-state index in [2.05, 4.69) is 0 Å². The molecule has 2 aromatic carbocycles. The number of ether oxygens (including phenoxy) is 1. The average Bonchev–Trinajstić information content (AvgIpc) is 3.52. The number of imide groups is 1. The molecular weight excluding hydrogens is 440 g/mol. The lowest BCUT2D eigenvalue weighted by Gasteiger charge is -2.36. The molecule has 6 rings (SSSR count). The van der Waals surface area contributed by atoms with Crippen LogP contribution in [0.1, 0.15) is 28.8 Å². The molecule has 3 fully saturated rings. The number of benzene rings is 2. The van der Waals surface area contributed by atoms with Crippen molar-refractivity contribution >= 4 is 41.0 Å². The highest BCUT2D eigenvalue weighted by Crippen LogP contribution is 2.49. The van der Waals surface area contributed by atoms with Crippen molar-refractivity contribution in [2.24, 2.45) is 11.8 Å². The first-order valence-corrected chi connectivity index (χ1v) is 11.7. The van der Waals surface area contributed by atoms with Crippen LogP contribution in [0.3, 0.4) is 0 Å². The molecule has 0 N–H and O–H groups in total. The first kappa shape index (κ1) is 20.6. The van der Waals surface area contributed by atoms with Gasteiger partial charge in [0.05, 0.1) is 30.5 Å². The van der Waals surface area contributed by atoms with E-state index in [-0.39, 0.29) is 36.3 Å². The van der Waals surface area contributed by atoms with Gasteiger partial charge in [0, 0.05) is 22.9 Å². The summed E-state index contributed by atoms with van der Waals surface area (Å²) in [6.45, 7) is 0.918.